The van der Waals surface area contributed by atoms with Gasteiger partial charge in [-0.05, 0) is 30.8 Å². The van der Waals surface area contributed by atoms with Crippen LogP contribution in [0.4, 0.5) is 0 Å². The summed E-state index contributed by atoms with van der Waals surface area (Å²) >= 11 is 0. The zero-order valence-corrected chi connectivity index (χ0v) is 32.9. The van der Waals surface area contributed by atoms with E-state index in [9.17, 15) is 14.7 Å². The van der Waals surface area contributed by atoms with E-state index in [0.29, 0.717) is 6.42 Å². The summed E-state index contributed by atoms with van der Waals surface area (Å²) in [6.07, 6.45) is -0.117. The molecule has 1 fully saturated rings. The number of benzene rings is 4. The second-order valence-electron chi connectivity index (χ2n) is 15.6. The molecule has 10 heteroatoms. The minimum Gasteiger partial charge on any atom is -0.405 e. The average molecular weight is 735 g/mol. The van der Waals surface area contributed by atoms with Crippen LogP contribution in [0.15, 0.2) is 137 Å². The van der Waals surface area contributed by atoms with Gasteiger partial charge in [-0.3, -0.25) is 14.3 Å². The predicted octanol–water partition coefficient (Wildman–Crippen LogP) is 4.84. The quantitative estimate of drug-likeness (QED) is 0.189. The van der Waals surface area contributed by atoms with E-state index >= 15 is 0 Å². The van der Waals surface area contributed by atoms with Crippen molar-refractivity contribution in [2.24, 2.45) is 0 Å². The van der Waals surface area contributed by atoms with Crippen LogP contribution in [-0.2, 0) is 20.2 Å². The van der Waals surface area contributed by atoms with Crippen molar-refractivity contribution in [2.75, 3.05) is 6.61 Å². The second-order valence-corrected chi connectivity index (χ2v) is 24.2. The molecule has 1 aromatic heterocycles. The van der Waals surface area contributed by atoms with E-state index in [1.54, 1.807) is 0 Å². The summed E-state index contributed by atoms with van der Waals surface area (Å²) < 4.78 is 23.3. The van der Waals surface area contributed by atoms with E-state index in [1.807, 2.05) is 24.3 Å². The van der Waals surface area contributed by atoms with Gasteiger partial charge in [0.25, 0.3) is 22.2 Å². The van der Waals surface area contributed by atoms with E-state index in [4.69, 9.17) is 13.6 Å². The Morgan fingerprint density at radius 2 is 1.13 bits per heavy atom. The molecular formula is C42H50N2O6Si2. The Morgan fingerprint density at radius 1 is 0.712 bits per heavy atom. The smallest absolute Gasteiger partial charge is 0.330 e. The van der Waals surface area contributed by atoms with Crippen molar-refractivity contribution in [3.8, 4) is 0 Å². The van der Waals surface area contributed by atoms with Crippen LogP contribution in [-0.4, -0.2) is 50.1 Å². The zero-order valence-electron chi connectivity index (χ0n) is 30.9. The maximum absolute atomic E-state index is 13.3. The van der Waals surface area contributed by atoms with E-state index in [2.05, 4.69) is 144 Å². The Labute approximate surface area is 308 Å². The third-order valence-corrected chi connectivity index (χ3v) is 20.4. The number of aliphatic hydroxyl groups is 1. The molecule has 0 radical (unpaired) electrons. The van der Waals surface area contributed by atoms with Crippen LogP contribution in [0.25, 0.3) is 0 Å². The van der Waals surface area contributed by atoms with Gasteiger partial charge in [-0.25, -0.2) is 4.79 Å². The first-order chi connectivity index (χ1) is 24.8. The maximum atomic E-state index is 13.3. The van der Waals surface area contributed by atoms with E-state index in [-0.39, 0.29) is 22.2 Å². The van der Waals surface area contributed by atoms with Gasteiger partial charge in [0, 0.05) is 12.6 Å². The molecule has 6 rings (SSSR count). The fraction of sp³-hybridized carbons (Fsp3) is 0.333. The molecule has 5 aromatic rings. The molecule has 2 N–H and O–H groups in total. The number of aromatic nitrogens is 2. The summed E-state index contributed by atoms with van der Waals surface area (Å²) in [7, 11) is -6.05. The highest BCUT2D eigenvalue weighted by Gasteiger charge is 2.55. The molecule has 52 heavy (non-hydrogen) atoms. The molecule has 8 nitrogen and oxygen atoms in total. The lowest BCUT2D eigenvalue weighted by atomic mass is 10.2. The Balaban J connectivity index is 1.50. The summed E-state index contributed by atoms with van der Waals surface area (Å²) in [4.78, 5) is 28.1. The van der Waals surface area contributed by atoms with Gasteiger partial charge in [0.1, 0.15) is 12.3 Å². The first kappa shape index (κ1) is 37.6. The van der Waals surface area contributed by atoms with Crippen LogP contribution in [0, 0.1) is 0 Å². The van der Waals surface area contributed by atoms with Gasteiger partial charge in [-0.2, -0.15) is 0 Å². The van der Waals surface area contributed by atoms with Gasteiger partial charge in [-0.15, -0.1) is 0 Å². The summed E-state index contributed by atoms with van der Waals surface area (Å²) in [6.45, 7) is 13.1. The number of hydrogen-bond donors (Lipinski definition) is 2. The molecule has 0 aliphatic carbocycles. The minimum absolute atomic E-state index is 0.0830. The monoisotopic (exact) mass is 734 g/mol. The van der Waals surface area contributed by atoms with Gasteiger partial charge in [0.2, 0.25) is 0 Å². The third kappa shape index (κ3) is 6.99. The molecule has 272 valence electrons. The third-order valence-electron chi connectivity index (χ3n) is 10.3. The summed E-state index contributed by atoms with van der Waals surface area (Å²) in [5.41, 5.74) is -1.14. The van der Waals surface area contributed by atoms with Crippen molar-refractivity contribution >= 4 is 37.4 Å². The van der Waals surface area contributed by atoms with E-state index in [1.165, 1.54) is 10.8 Å². The topological polar surface area (TPSA) is 103 Å². The Kier molecular flexibility index (Phi) is 10.9. The van der Waals surface area contributed by atoms with Crippen LogP contribution in [0.5, 0.6) is 0 Å². The Morgan fingerprint density at radius 3 is 1.54 bits per heavy atom. The van der Waals surface area contributed by atoms with Crippen LogP contribution in [0.3, 0.4) is 0 Å². The van der Waals surface area contributed by atoms with Crippen molar-refractivity contribution in [2.45, 2.75) is 83.1 Å². The van der Waals surface area contributed by atoms with Gasteiger partial charge in [0.15, 0.2) is 0 Å². The standard InChI is InChI=1S/C42H50N2O6Si2/c1-41(2,3)51(32-19-11-7-12-20-32,33-21-13-8-14-22-33)48-30-37-36(27-38(49-37)44-28-31(29-45)39(46)43-40(44)47)50-52(42(4,5)6,34-23-15-9-16-24-34)35-25-17-10-18-26-35/h7-26,28,36-38,45H,27,29-30H2,1-6H3,(H,43,46,47)/t36-,37+,38+/m0/s1. The molecule has 0 unspecified atom stereocenters. The largest absolute Gasteiger partial charge is 0.405 e. The number of H-pyrrole nitrogens is 1. The van der Waals surface area contributed by atoms with Crippen molar-refractivity contribution in [1.29, 1.82) is 0 Å². The molecule has 0 amide bonds. The van der Waals surface area contributed by atoms with Crippen molar-refractivity contribution < 1.29 is 18.7 Å². The lowest BCUT2D eigenvalue weighted by Gasteiger charge is -2.46. The highest BCUT2D eigenvalue weighted by atomic mass is 28.4. The van der Waals surface area contributed by atoms with Crippen LogP contribution in [0.1, 0.15) is 59.8 Å². The van der Waals surface area contributed by atoms with Gasteiger partial charge in [0.05, 0.1) is 24.9 Å². The number of aliphatic hydroxyl groups excluding tert-OH is 1. The SMILES string of the molecule is CC(C)(C)[Si](OC[C@H]1O[C@@H](n2cc(CO)c(=O)[nH]c2=O)C[C@@H]1O[Si](c1ccccc1)(c1ccccc1)C(C)(C)C)(c1ccccc1)c1ccccc1. The van der Waals surface area contributed by atoms with Gasteiger partial charge < -0.3 is 18.7 Å². The minimum atomic E-state index is -3.08. The fourth-order valence-corrected chi connectivity index (χ4v) is 17.2. The Bertz CT molecular complexity index is 1960. The Hall–Kier alpha value is -4.17. The number of rotatable bonds is 11. The number of hydrogen-bond acceptors (Lipinski definition) is 6. The van der Waals surface area contributed by atoms with Gasteiger partial charge >= 0.3 is 5.69 Å². The second kappa shape index (κ2) is 15.1. The van der Waals surface area contributed by atoms with Crippen LogP contribution >= 0.6 is 0 Å². The molecule has 2 heterocycles. The lowest BCUT2D eigenvalue weighted by molar-refractivity contribution is -0.0403. The van der Waals surface area contributed by atoms with Crippen molar-refractivity contribution in [1.82, 2.24) is 9.55 Å². The molecule has 0 saturated carbocycles. The molecule has 1 aliphatic heterocycles. The summed E-state index contributed by atoms with van der Waals surface area (Å²) in [5.74, 6) is 0. The molecular weight excluding hydrogens is 685 g/mol. The number of nitrogens with zero attached hydrogens (tertiary/aromatic N) is 1. The molecule has 1 aliphatic rings. The molecule has 1 saturated heterocycles. The highest BCUT2D eigenvalue weighted by molar-refractivity contribution is 7.00. The zero-order chi connectivity index (χ0) is 37.1. The molecule has 0 bridgehead atoms. The number of nitrogens with one attached hydrogen (secondary N) is 1. The van der Waals surface area contributed by atoms with Crippen molar-refractivity contribution in [3.05, 3.63) is 154 Å². The molecule has 3 atom stereocenters. The predicted molar refractivity (Wildman–Crippen MR) is 212 cm³/mol. The molecule has 0 spiro atoms. The highest BCUT2D eigenvalue weighted by Crippen LogP contribution is 2.42. The van der Waals surface area contributed by atoms with Crippen LogP contribution < -0.4 is 32.0 Å². The van der Waals surface area contributed by atoms with E-state index in [0.717, 1.165) is 20.7 Å². The number of aromatic amines is 1. The van der Waals surface area contributed by atoms with Crippen molar-refractivity contribution in [3.63, 3.8) is 0 Å². The fourth-order valence-electron chi connectivity index (χ4n) is 7.89. The lowest BCUT2D eigenvalue weighted by Crippen LogP contribution is -2.69. The number of ether oxygens (including phenoxy) is 1. The maximum Gasteiger partial charge on any atom is 0.330 e. The van der Waals surface area contributed by atoms with Gasteiger partial charge in [-0.1, -0.05) is 163 Å². The molecule has 4 aromatic carbocycles. The summed E-state index contributed by atoms with van der Waals surface area (Å²) in [6, 6.07) is 41.9. The normalized spacial score (nSPS) is 18.4. The first-order valence-electron chi connectivity index (χ1n) is 18.0. The average Bonchev–Trinajstić information content (AvgIpc) is 3.53. The van der Waals surface area contributed by atoms with E-state index < -0.39 is 52.9 Å². The van der Waals surface area contributed by atoms with Crippen LogP contribution in [0.2, 0.25) is 10.1 Å². The summed E-state index contributed by atoms with van der Waals surface area (Å²) in [5, 5.41) is 13.9. The first-order valence-corrected chi connectivity index (χ1v) is 21.8.